The summed E-state index contributed by atoms with van der Waals surface area (Å²) >= 11 is 0. The van der Waals surface area contributed by atoms with Crippen molar-refractivity contribution in [2.45, 2.75) is 26.7 Å². The molecule has 0 radical (unpaired) electrons. The molecule has 0 saturated carbocycles. The van der Waals surface area contributed by atoms with E-state index in [2.05, 4.69) is 55.9 Å². The molecule has 1 aliphatic rings. The van der Waals surface area contributed by atoms with Crippen LogP contribution in [0, 0.1) is 6.92 Å². The highest BCUT2D eigenvalue weighted by Gasteiger charge is 2.18. The first kappa shape index (κ1) is 24.3. The summed E-state index contributed by atoms with van der Waals surface area (Å²) in [7, 11) is 0. The van der Waals surface area contributed by atoms with Crippen LogP contribution in [-0.2, 0) is 12.8 Å². The van der Waals surface area contributed by atoms with E-state index < -0.39 is 0 Å². The first-order chi connectivity index (χ1) is 19.1. The molecule has 0 saturated heterocycles. The lowest BCUT2D eigenvalue weighted by Crippen LogP contribution is -2.19. The summed E-state index contributed by atoms with van der Waals surface area (Å²) in [6.45, 7) is 3.95. The maximum Gasteiger partial charge on any atom is 0.323 e. The molecule has 0 fully saturated rings. The second-order valence-electron chi connectivity index (χ2n) is 9.44. The van der Waals surface area contributed by atoms with Crippen molar-refractivity contribution in [1.82, 2.24) is 15.0 Å². The number of benzene rings is 3. The van der Waals surface area contributed by atoms with Gasteiger partial charge in [-0.15, -0.1) is 0 Å². The summed E-state index contributed by atoms with van der Waals surface area (Å²) in [6.07, 6.45) is 5.05. The lowest BCUT2D eigenvalue weighted by molar-refractivity contribution is 0.262. The number of hydrogen-bond donors (Lipinski definition) is 2. The van der Waals surface area contributed by atoms with E-state index in [4.69, 9.17) is 4.74 Å². The minimum atomic E-state index is -0.305. The van der Waals surface area contributed by atoms with Crippen molar-refractivity contribution in [2.75, 3.05) is 10.6 Å². The van der Waals surface area contributed by atoms with Gasteiger partial charge in [0.25, 0.3) is 0 Å². The number of nitrogens with zero attached hydrogens (tertiary/aromatic N) is 3. The molecule has 5 aromatic rings. The first-order valence-electron chi connectivity index (χ1n) is 12.9. The minimum Gasteiger partial charge on any atom is -0.438 e. The third kappa shape index (κ3) is 5.07. The summed E-state index contributed by atoms with van der Waals surface area (Å²) in [5, 5.41) is 5.87. The predicted octanol–water partition coefficient (Wildman–Crippen LogP) is 7.42. The monoisotopic (exact) mass is 513 g/mol. The number of hydrogen-bond acceptors (Lipinski definition) is 5. The second-order valence-corrected chi connectivity index (χ2v) is 9.44. The number of fused-ring (bicyclic) bond motifs is 3. The molecular formula is C32H27N5O2. The second kappa shape index (κ2) is 10.4. The Morgan fingerprint density at radius 2 is 1.59 bits per heavy atom. The van der Waals surface area contributed by atoms with E-state index in [0.717, 1.165) is 41.2 Å². The number of amides is 2. The summed E-state index contributed by atoms with van der Waals surface area (Å²) < 4.78 is 6.19. The number of aromatic nitrogens is 3. The Morgan fingerprint density at radius 1 is 0.821 bits per heavy atom. The highest BCUT2D eigenvalue weighted by atomic mass is 16.5. The first-order valence-corrected chi connectivity index (χ1v) is 12.9. The van der Waals surface area contributed by atoms with E-state index in [9.17, 15) is 4.79 Å². The minimum absolute atomic E-state index is 0.305. The van der Waals surface area contributed by atoms with Crippen molar-refractivity contribution in [2.24, 2.45) is 0 Å². The van der Waals surface area contributed by atoms with Crippen LogP contribution in [0.2, 0.25) is 0 Å². The standard InChI is InChI=1S/C32H27N5O2/c1-3-30-33-16-14-28(37-30)27-9-6-15-34-31(27)39-29-13-11-23(17-20(29)2)35-32(38)36-24-10-12-26-22(19-24)18-21-7-4-5-8-25(21)26/h4-17,19H,3,18H2,1-2H3,(H2,35,36,38). The number of urea groups is 1. The highest BCUT2D eigenvalue weighted by molar-refractivity contribution is 6.00. The smallest absolute Gasteiger partial charge is 0.323 e. The van der Waals surface area contributed by atoms with E-state index in [0.29, 0.717) is 17.3 Å². The van der Waals surface area contributed by atoms with Crippen molar-refractivity contribution in [3.63, 3.8) is 0 Å². The third-order valence-electron chi connectivity index (χ3n) is 6.76. The normalized spacial score (nSPS) is 11.4. The molecule has 0 atom stereocenters. The fourth-order valence-electron chi connectivity index (χ4n) is 4.85. The number of nitrogens with one attached hydrogen (secondary N) is 2. The van der Waals surface area contributed by atoms with Gasteiger partial charge < -0.3 is 15.4 Å². The lowest BCUT2D eigenvalue weighted by Gasteiger charge is -2.14. The van der Waals surface area contributed by atoms with Crippen LogP contribution in [0.1, 0.15) is 29.4 Å². The molecule has 0 bridgehead atoms. The van der Waals surface area contributed by atoms with Crippen LogP contribution in [0.4, 0.5) is 16.2 Å². The van der Waals surface area contributed by atoms with Crippen LogP contribution in [-0.4, -0.2) is 21.0 Å². The number of anilines is 2. The fourth-order valence-corrected chi connectivity index (χ4v) is 4.85. The topological polar surface area (TPSA) is 89.0 Å². The number of pyridine rings is 1. The quantitative estimate of drug-likeness (QED) is 0.242. The van der Waals surface area contributed by atoms with E-state index in [1.165, 1.54) is 22.3 Å². The molecule has 0 spiro atoms. The Balaban J connectivity index is 1.14. The van der Waals surface area contributed by atoms with Crippen LogP contribution in [0.15, 0.2) is 91.3 Å². The predicted molar refractivity (Wildman–Crippen MR) is 153 cm³/mol. The Labute approximate surface area is 227 Å². The van der Waals surface area contributed by atoms with Gasteiger partial charge in [0.15, 0.2) is 0 Å². The van der Waals surface area contributed by atoms with Gasteiger partial charge in [-0.1, -0.05) is 37.3 Å². The molecule has 7 nitrogen and oxygen atoms in total. The maximum atomic E-state index is 12.8. The Bertz CT molecular complexity index is 1700. The Morgan fingerprint density at radius 3 is 2.44 bits per heavy atom. The average Bonchev–Trinajstić information content (AvgIpc) is 3.32. The van der Waals surface area contributed by atoms with Gasteiger partial charge in [-0.3, -0.25) is 0 Å². The van der Waals surface area contributed by atoms with Gasteiger partial charge in [0.1, 0.15) is 11.6 Å². The summed E-state index contributed by atoms with van der Waals surface area (Å²) in [5.74, 6) is 1.86. The molecule has 2 aromatic heterocycles. The maximum absolute atomic E-state index is 12.8. The van der Waals surface area contributed by atoms with Crippen LogP contribution in [0.3, 0.4) is 0 Å². The molecule has 3 aromatic carbocycles. The third-order valence-corrected chi connectivity index (χ3v) is 6.76. The zero-order valence-electron chi connectivity index (χ0n) is 21.7. The van der Waals surface area contributed by atoms with Gasteiger partial charge in [-0.2, -0.15) is 0 Å². The van der Waals surface area contributed by atoms with Gasteiger partial charge in [-0.25, -0.2) is 19.7 Å². The number of carbonyl (C=O) groups excluding carboxylic acids is 1. The largest absolute Gasteiger partial charge is 0.438 e. The van der Waals surface area contributed by atoms with Crippen molar-refractivity contribution in [3.8, 4) is 34.0 Å². The number of rotatable bonds is 6. The van der Waals surface area contributed by atoms with Gasteiger partial charge in [-0.05, 0) is 89.7 Å². The number of aryl methyl sites for hydroxylation is 2. The van der Waals surface area contributed by atoms with Crippen molar-refractivity contribution < 1.29 is 9.53 Å². The van der Waals surface area contributed by atoms with Crippen molar-refractivity contribution in [3.05, 3.63) is 114 Å². The molecule has 0 unspecified atom stereocenters. The van der Waals surface area contributed by atoms with Crippen LogP contribution in [0.25, 0.3) is 22.4 Å². The van der Waals surface area contributed by atoms with Crippen LogP contribution < -0.4 is 15.4 Å². The molecule has 2 N–H and O–H groups in total. The van der Waals surface area contributed by atoms with Gasteiger partial charge in [0, 0.05) is 30.2 Å². The summed E-state index contributed by atoms with van der Waals surface area (Å²) in [5.41, 5.74) is 8.84. The molecule has 2 amide bonds. The average molecular weight is 514 g/mol. The fraction of sp³-hybridized carbons (Fsp3) is 0.125. The Hall–Kier alpha value is -5.04. The zero-order valence-corrected chi connectivity index (χ0v) is 21.7. The number of carbonyl (C=O) groups is 1. The molecule has 7 heteroatoms. The lowest BCUT2D eigenvalue weighted by atomic mass is 10.1. The molecule has 1 aliphatic carbocycles. The van der Waals surface area contributed by atoms with Gasteiger partial charge >= 0.3 is 6.03 Å². The molecule has 39 heavy (non-hydrogen) atoms. The summed E-state index contributed by atoms with van der Waals surface area (Å²) in [6, 6.07) is 25.3. The van der Waals surface area contributed by atoms with Crippen molar-refractivity contribution >= 4 is 17.4 Å². The van der Waals surface area contributed by atoms with Crippen LogP contribution in [0.5, 0.6) is 11.6 Å². The molecule has 6 rings (SSSR count). The van der Waals surface area contributed by atoms with E-state index in [1.807, 2.05) is 62.4 Å². The van der Waals surface area contributed by atoms with Crippen molar-refractivity contribution in [1.29, 1.82) is 0 Å². The van der Waals surface area contributed by atoms with Gasteiger partial charge in [0.2, 0.25) is 5.88 Å². The van der Waals surface area contributed by atoms with E-state index in [1.54, 1.807) is 12.4 Å². The highest BCUT2D eigenvalue weighted by Crippen LogP contribution is 2.38. The van der Waals surface area contributed by atoms with Gasteiger partial charge in [0.05, 0.1) is 11.3 Å². The molecule has 2 heterocycles. The molecule has 0 aliphatic heterocycles. The van der Waals surface area contributed by atoms with E-state index in [-0.39, 0.29) is 6.03 Å². The molecular weight excluding hydrogens is 486 g/mol. The van der Waals surface area contributed by atoms with Crippen LogP contribution >= 0.6 is 0 Å². The Kier molecular flexibility index (Phi) is 6.47. The number of ether oxygens (including phenoxy) is 1. The SMILES string of the molecule is CCc1nccc(-c2cccnc2Oc2ccc(NC(=O)Nc3ccc4c(c3)Cc3ccccc3-4)cc2C)n1. The summed E-state index contributed by atoms with van der Waals surface area (Å²) in [4.78, 5) is 26.1. The molecule has 192 valence electrons. The van der Waals surface area contributed by atoms with E-state index >= 15 is 0 Å². The zero-order chi connectivity index (χ0) is 26.8.